The van der Waals surface area contributed by atoms with Crippen molar-refractivity contribution >= 4 is 49.9 Å². The first-order valence-corrected chi connectivity index (χ1v) is 12.6. The second-order valence-corrected chi connectivity index (χ2v) is 10.0. The van der Waals surface area contributed by atoms with Gasteiger partial charge in [0.1, 0.15) is 18.0 Å². The van der Waals surface area contributed by atoms with E-state index in [1.165, 1.54) is 6.92 Å². The van der Waals surface area contributed by atoms with Gasteiger partial charge in [0.25, 0.3) is 5.91 Å². The van der Waals surface area contributed by atoms with Crippen LogP contribution in [0.5, 0.6) is 0 Å². The number of allylic oxidation sites excluding steroid dienone is 5. The first-order chi connectivity index (χ1) is 16.5. The summed E-state index contributed by atoms with van der Waals surface area (Å²) in [5, 5.41) is 12.7. The molecule has 1 aliphatic rings. The molecular weight excluding hydrogens is 504 g/mol. The van der Waals surface area contributed by atoms with Gasteiger partial charge >= 0.3 is 0 Å². The Morgan fingerprint density at radius 1 is 1.34 bits per heavy atom. The lowest BCUT2D eigenvalue weighted by Gasteiger charge is -2.27. The summed E-state index contributed by atoms with van der Waals surface area (Å²) >= 11 is 12.7. The second-order valence-electron chi connectivity index (χ2n) is 8.59. The minimum Gasteiger partial charge on any atom is -0.487 e. The van der Waals surface area contributed by atoms with Crippen LogP contribution >= 0.6 is 32.4 Å². The van der Waals surface area contributed by atoms with Crippen LogP contribution in [0, 0.1) is 0 Å². The van der Waals surface area contributed by atoms with Crippen LogP contribution in [-0.2, 0) is 16.1 Å². The number of carbonyl (C=O) groups excluding carboxylic acids is 1. The van der Waals surface area contributed by atoms with E-state index in [1.807, 2.05) is 6.07 Å². The Kier molecular flexibility index (Phi) is 11.0. The minimum absolute atomic E-state index is 0.114. The number of rotatable bonds is 10. The Bertz CT molecular complexity index is 1070. The summed E-state index contributed by atoms with van der Waals surface area (Å²) in [6.07, 6.45) is 8.81. The van der Waals surface area contributed by atoms with Gasteiger partial charge in [-0.25, -0.2) is 0 Å². The van der Waals surface area contributed by atoms with Crippen molar-refractivity contribution in [2.24, 2.45) is 10.7 Å². The maximum atomic E-state index is 12.8. The molecule has 0 saturated carbocycles. The summed E-state index contributed by atoms with van der Waals surface area (Å²) < 4.78 is 5.99. The van der Waals surface area contributed by atoms with Crippen molar-refractivity contribution in [3.05, 3.63) is 75.2 Å². The predicted octanol–water partition coefficient (Wildman–Crippen LogP) is 4.70. The molecule has 1 heterocycles. The maximum absolute atomic E-state index is 12.8. The Balaban J connectivity index is 2.30. The highest BCUT2D eigenvalue weighted by Gasteiger charge is 2.34. The number of nitrogens with zero attached hydrogens (tertiary/aromatic N) is 2. The van der Waals surface area contributed by atoms with Crippen LogP contribution in [0.4, 0.5) is 0 Å². The molecule has 3 N–H and O–H groups in total. The number of ether oxygens (including phenoxy) is 1. The molecule has 6 nitrogen and oxygen atoms in total. The molecule has 1 aromatic carbocycles. The molecule has 0 radical (unpaired) electrons. The topological polar surface area (TPSA) is 88.1 Å². The molecule has 9 heteroatoms. The molecule has 1 aromatic rings. The molecule has 1 fully saturated rings. The lowest BCUT2D eigenvalue weighted by molar-refractivity contribution is -0.148. The number of carbonyl (C=O) groups is 1. The molecule has 1 aliphatic heterocycles. The van der Waals surface area contributed by atoms with Crippen LogP contribution in [0.1, 0.15) is 38.7 Å². The van der Waals surface area contributed by atoms with E-state index in [4.69, 9.17) is 33.7 Å². The predicted molar refractivity (Wildman–Crippen MR) is 149 cm³/mol. The minimum atomic E-state index is -1.53. The average Bonchev–Trinajstić information content (AvgIpc) is 3.35. The van der Waals surface area contributed by atoms with E-state index in [2.05, 4.69) is 20.8 Å². The molecule has 2 atom stereocenters. The fourth-order valence-corrected chi connectivity index (χ4v) is 4.36. The number of amides is 1. The summed E-state index contributed by atoms with van der Waals surface area (Å²) in [4.78, 5) is 18.6. The van der Waals surface area contributed by atoms with Crippen LogP contribution in [0.25, 0.3) is 0 Å². The van der Waals surface area contributed by atoms with E-state index in [0.717, 1.165) is 18.1 Å². The van der Waals surface area contributed by atoms with Crippen molar-refractivity contribution < 1.29 is 14.6 Å². The summed E-state index contributed by atoms with van der Waals surface area (Å²) in [5.74, 6) is 0.145. The Morgan fingerprint density at radius 3 is 2.57 bits per heavy atom. The Hall–Kier alpha value is -2.11. The monoisotopic (exact) mass is 537 g/mol. The first kappa shape index (κ1) is 29.1. The third-order valence-corrected chi connectivity index (χ3v) is 7.12. The third-order valence-electron chi connectivity index (χ3n) is 5.66. The number of hydrogen-bond acceptors (Lipinski definition) is 5. The second kappa shape index (κ2) is 13.3. The van der Waals surface area contributed by atoms with Crippen LogP contribution in [0.3, 0.4) is 0 Å². The zero-order valence-corrected chi connectivity index (χ0v) is 23.1. The highest BCUT2D eigenvalue weighted by atomic mass is 35.5. The number of likely N-dealkylation sites (tertiary alicyclic amines) is 1. The molecule has 0 aromatic heterocycles. The van der Waals surface area contributed by atoms with Crippen molar-refractivity contribution in [1.82, 2.24) is 4.90 Å². The quantitative estimate of drug-likeness (QED) is 0.196. The van der Waals surface area contributed by atoms with Gasteiger partial charge in [0.2, 0.25) is 0 Å². The van der Waals surface area contributed by atoms with Crippen molar-refractivity contribution in [2.75, 3.05) is 20.1 Å². The van der Waals surface area contributed by atoms with Crippen molar-refractivity contribution in [1.29, 1.82) is 0 Å². The summed E-state index contributed by atoms with van der Waals surface area (Å²) in [5.41, 5.74) is 7.00. The van der Waals surface area contributed by atoms with E-state index in [9.17, 15) is 9.90 Å². The molecule has 1 amide bonds. The first-order valence-electron chi connectivity index (χ1n) is 11.3. The molecule has 35 heavy (non-hydrogen) atoms. The van der Waals surface area contributed by atoms with Crippen LogP contribution in [0.15, 0.2) is 64.5 Å². The van der Waals surface area contributed by atoms with Gasteiger partial charge in [-0.15, -0.1) is 9.24 Å². The largest absolute Gasteiger partial charge is 0.487 e. The summed E-state index contributed by atoms with van der Waals surface area (Å²) in [6, 6.07) is 3.57. The number of nitrogens with two attached hydrogens (primary N) is 1. The van der Waals surface area contributed by atoms with E-state index in [-0.39, 0.29) is 18.9 Å². The van der Waals surface area contributed by atoms with Gasteiger partial charge in [-0.05, 0) is 55.3 Å². The smallest absolute Gasteiger partial charge is 0.254 e. The molecule has 190 valence electrons. The number of halogens is 2. The van der Waals surface area contributed by atoms with Gasteiger partial charge in [0.15, 0.2) is 0 Å². The van der Waals surface area contributed by atoms with Crippen LogP contribution in [0.2, 0.25) is 10.0 Å². The normalized spacial score (nSPS) is 17.4. The fourth-order valence-electron chi connectivity index (χ4n) is 3.61. The van der Waals surface area contributed by atoms with Crippen molar-refractivity contribution in [2.45, 2.75) is 45.3 Å². The van der Waals surface area contributed by atoms with Gasteiger partial charge in [-0.2, -0.15) is 0 Å². The SMILES string of the molecule is C=CC(=C\C(OCc1c(Cl)ccc(P)c1Cl)=C(/C)N)/C(C=NC)=C/CC(C)(O)C(=O)N1CCCC1. The number of aliphatic hydroxyl groups is 1. The van der Waals surface area contributed by atoms with Crippen molar-refractivity contribution in [3.63, 3.8) is 0 Å². The van der Waals surface area contributed by atoms with Crippen LogP contribution < -0.4 is 11.0 Å². The third kappa shape index (κ3) is 7.94. The van der Waals surface area contributed by atoms with Gasteiger partial charge < -0.3 is 20.5 Å². The Morgan fingerprint density at radius 2 is 2.00 bits per heavy atom. The highest BCUT2D eigenvalue weighted by molar-refractivity contribution is 7.28. The number of hydrogen-bond donors (Lipinski definition) is 2. The molecule has 0 aliphatic carbocycles. The van der Waals surface area contributed by atoms with E-state index in [1.54, 1.807) is 49.4 Å². The van der Waals surface area contributed by atoms with E-state index >= 15 is 0 Å². The molecule has 2 unspecified atom stereocenters. The molecule has 0 bridgehead atoms. The van der Waals surface area contributed by atoms with Crippen molar-refractivity contribution in [3.8, 4) is 0 Å². The lowest BCUT2D eigenvalue weighted by atomic mass is 9.96. The zero-order chi connectivity index (χ0) is 26.2. The highest BCUT2D eigenvalue weighted by Crippen LogP contribution is 2.27. The molecule has 1 saturated heterocycles. The van der Waals surface area contributed by atoms with Crippen LogP contribution in [-0.4, -0.2) is 47.9 Å². The standard InChI is InChI=1S/C26H34Cl2N3O3P/c1-5-18(14-22(17(2)29)34-16-20-21(27)8-9-23(35)24(20)28)19(15-30-4)10-11-26(3,33)25(32)31-12-6-7-13-31/h5,8-10,14-15,33H,1,6-7,11-13,16,29,35H2,2-4H3/b18-14+,19-10+,22-17-,30-15?. The zero-order valence-electron chi connectivity index (χ0n) is 20.5. The Labute approximate surface area is 220 Å². The summed E-state index contributed by atoms with van der Waals surface area (Å²) in [7, 11) is 4.20. The number of benzene rings is 1. The lowest BCUT2D eigenvalue weighted by Crippen LogP contribution is -2.45. The van der Waals surface area contributed by atoms with Gasteiger partial charge in [-0.1, -0.05) is 48.0 Å². The summed E-state index contributed by atoms with van der Waals surface area (Å²) in [6.45, 7) is 8.63. The average molecular weight is 538 g/mol. The van der Waals surface area contributed by atoms with Gasteiger partial charge in [0, 0.05) is 49.1 Å². The van der Waals surface area contributed by atoms with Gasteiger partial charge in [0.05, 0.1) is 5.02 Å². The molecular formula is C26H34Cl2N3O3P. The fraction of sp³-hybridized carbons (Fsp3) is 0.385. The van der Waals surface area contributed by atoms with E-state index in [0.29, 0.717) is 51.3 Å². The van der Waals surface area contributed by atoms with Gasteiger partial charge in [-0.3, -0.25) is 9.79 Å². The van der Waals surface area contributed by atoms with E-state index < -0.39 is 5.60 Å². The molecule has 0 spiro atoms. The maximum Gasteiger partial charge on any atom is 0.254 e. The molecule has 2 rings (SSSR count). The number of aliphatic imine (C=N–C) groups is 1.